The number of halogens is 1. The molecule has 2 atom stereocenters. The lowest BCUT2D eigenvalue weighted by atomic mass is 9.82. The quantitative estimate of drug-likeness (QED) is 0.827. The summed E-state index contributed by atoms with van der Waals surface area (Å²) in [4.78, 5) is 3.77. The van der Waals surface area contributed by atoms with Crippen LogP contribution in [0.4, 0.5) is 10.1 Å². The molecule has 0 spiro atoms. The zero-order valence-electron chi connectivity index (χ0n) is 14.3. The van der Waals surface area contributed by atoms with Crippen molar-refractivity contribution in [3.8, 4) is 5.75 Å². The molecule has 1 N–H and O–H groups in total. The highest BCUT2D eigenvalue weighted by atomic mass is 19.1. The maximum Gasteiger partial charge on any atom is 0.213 e. The SMILES string of the molecule is CC.COc1ccc(NC2Cc3cc(F)ncc3C(C)C2)cc1. The van der Waals surface area contributed by atoms with Crippen molar-refractivity contribution >= 4 is 5.69 Å². The number of fused-ring (bicyclic) bond motifs is 1. The topological polar surface area (TPSA) is 34.1 Å². The normalized spacial score (nSPS) is 19.2. The fourth-order valence-corrected chi connectivity index (χ4v) is 3.03. The van der Waals surface area contributed by atoms with E-state index >= 15 is 0 Å². The van der Waals surface area contributed by atoms with Crippen molar-refractivity contribution in [2.75, 3.05) is 12.4 Å². The molecule has 1 aromatic heterocycles. The minimum Gasteiger partial charge on any atom is -0.497 e. The average Bonchev–Trinajstić information content (AvgIpc) is 2.57. The van der Waals surface area contributed by atoms with E-state index in [1.165, 1.54) is 5.56 Å². The number of rotatable bonds is 3. The Morgan fingerprint density at radius 3 is 2.57 bits per heavy atom. The number of methoxy groups -OCH3 is 1. The van der Waals surface area contributed by atoms with Gasteiger partial charge in [-0.3, -0.25) is 0 Å². The first-order chi connectivity index (χ1) is 11.2. The Hall–Kier alpha value is -2.10. The fourth-order valence-electron chi connectivity index (χ4n) is 3.03. The molecular weight excluding hydrogens is 291 g/mol. The van der Waals surface area contributed by atoms with Crippen molar-refractivity contribution in [2.24, 2.45) is 0 Å². The van der Waals surface area contributed by atoms with Gasteiger partial charge >= 0.3 is 0 Å². The number of anilines is 1. The van der Waals surface area contributed by atoms with Crippen LogP contribution in [0.1, 0.15) is 44.2 Å². The smallest absolute Gasteiger partial charge is 0.213 e. The van der Waals surface area contributed by atoms with Gasteiger partial charge in [0.05, 0.1) is 7.11 Å². The number of nitrogens with one attached hydrogen (secondary N) is 1. The van der Waals surface area contributed by atoms with Crippen LogP contribution in [0.5, 0.6) is 5.75 Å². The molecule has 1 aliphatic rings. The molecule has 2 unspecified atom stereocenters. The zero-order valence-corrected chi connectivity index (χ0v) is 14.3. The van der Waals surface area contributed by atoms with E-state index in [2.05, 4.69) is 17.2 Å². The Morgan fingerprint density at radius 1 is 1.22 bits per heavy atom. The highest BCUT2D eigenvalue weighted by Gasteiger charge is 2.24. The second-order valence-electron chi connectivity index (χ2n) is 5.62. The molecule has 1 heterocycles. The summed E-state index contributed by atoms with van der Waals surface area (Å²) < 4.78 is 18.5. The third-order valence-electron chi connectivity index (χ3n) is 4.09. The van der Waals surface area contributed by atoms with Crippen molar-refractivity contribution in [3.63, 3.8) is 0 Å². The third kappa shape index (κ3) is 4.21. The van der Waals surface area contributed by atoms with Crippen LogP contribution >= 0.6 is 0 Å². The third-order valence-corrected chi connectivity index (χ3v) is 4.09. The summed E-state index contributed by atoms with van der Waals surface area (Å²) in [6, 6.07) is 9.76. The van der Waals surface area contributed by atoms with Crippen molar-refractivity contribution in [1.82, 2.24) is 4.98 Å². The van der Waals surface area contributed by atoms with Crippen molar-refractivity contribution in [2.45, 2.75) is 45.6 Å². The summed E-state index contributed by atoms with van der Waals surface area (Å²) in [7, 11) is 1.66. The Kier molecular flexibility index (Phi) is 5.97. The number of benzene rings is 1. The molecule has 2 aromatic rings. The molecule has 0 saturated heterocycles. The van der Waals surface area contributed by atoms with Crippen LogP contribution in [0, 0.1) is 5.95 Å². The second kappa shape index (κ2) is 7.95. The molecular formula is C19H25FN2O. The lowest BCUT2D eigenvalue weighted by Crippen LogP contribution is -2.29. The molecule has 1 aliphatic carbocycles. The molecule has 23 heavy (non-hydrogen) atoms. The monoisotopic (exact) mass is 316 g/mol. The van der Waals surface area contributed by atoms with Crippen molar-refractivity contribution in [3.05, 3.63) is 53.6 Å². The van der Waals surface area contributed by atoms with E-state index in [0.29, 0.717) is 12.0 Å². The Morgan fingerprint density at radius 2 is 1.91 bits per heavy atom. The van der Waals surface area contributed by atoms with Gasteiger partial charge in [0.15, 0.2) is 0 Å². The molecule has 0 fully saturated rings. The first kappa shape index (κ1) is 17.3. The zero-order chi connectivity index (χ0) is 16.8. The summed E-state index contributed by atoms with van der Waals surface area (Å²) in [6.45, 7) is 6.17. The molecule has 0 amide bonds. The van der Waals surface area contributed by atoms with E-state index < -0.39 is 5.95 Å². The van der Waals surface area contributed by atoms with Crippen LogP contribution in [0.2, 0.25) is 0 Å². The van der Waals surface area contributed by atoms with Gasteiger partial charge in [0.25, 0.3) is 0 Å². The van der Waals surface area contributed by atoms with Gasteiger partial charge < -0.3 is 10.1 Å². The summed E-state index contributed by atoms with van der Waals surface area (Å²) >= 11 is 0. The van der Waals surface area contributed by atoms with E-state index in [1.807, 2.05) is 38.1 Å². The van der Waals surface area contributed by atoms with Crippen LogP contribution in [0.3, 0.4) is 0 Å². The fraction of sp³-hybridized carbons (Fsp3) is 0.421. The van der Waals surface area contributed by atoms with Crippen LogP contribution in [-0.2, 0) is 6.42 Å². The summed E-state index contributed by atoms with van der Waals surface area (Å²) in [5.74, 6) is 0.833. The summed E-state index contributed by atoms with van der Waals surface area (Å²) in [6.07, 6.45) is 3.52. The van der Waals surface area contributed by atoms with Crippen molar-refractivity contribution in [1.29, 1.82) is 0 Å². The van der Waals surface area contributed by atoms with Crippen LogP contribution in [0.25, 0.3) is 0 Å². The molecule has 124 valence electrons. The maximum absolute atomic E-state index is 13.3. The second-order valence-corrected chi connectivity index (χ2v) is 5.62. The van der Waals surface area contributed by atoms with E-state index in [-0.39, 0.29) is 0 Å². The number of hydrogen-bond donors (Lipinski definition) is 1. The Bertz CT molecular complexity index is 628. The standard InChI is InChI=1S/C17H19FN2O.C2H6/c1-11-7-14(8-12-9-17(18)19-10-16(11)12)20-13-3-5-15(21-2)6-4-13;1-2/h3-6,9-11,14,20H,7-8H2,1-2H3;1-2H3. The van der Waals surface area contributed by atoms with Crippen molar-refractivity contribution < 1.29 is 9.13 Å². The predicted octanol–water partition coefficient (Wildman–Crippen LogP) is 4.79. The number of nitrogens with zero attached hydrogens (tertiary/aromatic N) is 1. The first-order valence-corrected chi connectivity index (χ1v) is 8.20. The molecule has 0 saturated carbocycles. The number of ether oxygens (including phenoxy) is 1. The average molecular weight is 316 g/mol. The minimum absolute atomic E-state index is 0.308. The molecule has 0 aliphatic heterocycles. The highest BCUT2D eigenvalue weighted by Crippen LogP contribution is 2.32. The molecule has 3 nitrogen and oxygen atoms in total. The van der Waals surface area contributed by atoms with E-state index in [9.17, 15) is 4.39 Å². The minimum atomic E-state index is -0.397. The Balaban J connectivity index is 0.000000924. The summed E-state index contributed by atoms with van der Waals surface area (Å²) in [5, 5.41) is 3.52. The lowest BCUT2D eigenvalue weighted by molar-refractivity contribution is 0.415. The molecule has 0 bridgehead atoms. The van der Waals surface area contributed by atoms with Gasteiger partial charge in [0.1, 0.15) is 5.75 Å². The first-order valence-electron chi connectivity index (χ1n) is 8.20. The van der Waals surface area contributed by atoms with Gasteiger partial charge in [-0.1, -0.05) is 20.8 Å². The number of pyridine rings is 1. The lowest BCUT2D eigenvalue weighted by Gasteiger charge is -2.30. The number of hydrogen-bond acceptors (Lipinski definition) is 3. The van der Waals surface area contributed by atoms with E-state index in [0.717, 1.165) is 29.8 Å². The molecule has 4 heteroatoms. The van der Waals surface area contributed by atoms with Gasteiger partial charge in [-0.2, -0.15) is 4.39 Å². The summed E-state index contributed by atoms with van der Waals surface area (Å²) in [5.41, 5.74) is 3.29. The van der Waals surface area contributed by atoms with Crippen LogP contribution in [-0.4, -0.2) is 18.1 Å². The van der Waals surface area contributed by atoms with Gasteiger partial charge in [-0.25, -0.2) is 4.98 Å². The molecule has 3 rings (SSSR count). The van der Waals surface area contributed by atoms with Gasteiger partial charge in [-0.05, 0) is 60.2 Å². The van der Waals surface area contributed by atoms with Gasteiger partial charge in [0, 0.05) is 17.9 Å². The molecule has 1 aromatic carbocycles. The van der Waals surface area contributed by atoms with Crippen LogP contribution in [0.15, 0.2) is 36.5 Å². The largest absolute Gasteiger partial charge is 0.497 e. The highest BCUT2D eigenvalue weighted by molar-refractivity contribution is 5.48. The van der Waals surface area contributed by atoms with Gasteiger partial charge in [0.2, 0.25) is 5.95 Å². The van der Waals surface area contributed by atoms with E-state index in [4.69, 9.17) is 4.74 Å². The van der Waals surface area contributed by atoms with E-state index in [1.54, 1.807) is 19.4 Å². The molecule has 0 radical (unpaired) electrons. The number of aromatic nitrogens is 1. The maximum atomic E-state index is 13.3. The predicted molar refractivity (Wildman–Crippen MR) is 92.7 cm³/mol. The Labute approximate surface area is 137 Å². The van der Waals surface area contributed by atoms with Crippen LogP contribution < -0.4 is 10.1 Å². The van der Waals surface area contributed by atoms with Gasteiger partial charge in [-0.15, -0.1) is 0 Å².